The molecule has 0 aromatic heterocycles. The second kappa shape index (κ2) is 4.77. The molecule has 100 valence electrons. The third-order valence-electron chi connectivity index (χ3n) is 3.18. The van der Waals surface area contributed by atoms with E-state index in [1.807, 2.05) is 12.1 Å². The first-order valence-corrected chi connectivity index (χ1v) is 6.22. The van der Waals surface area contributed by atoms with Gasteiger partial charge in [-0.2, -0.15) is 0 Å². The molecule has 0 saturated heterocycles. The molecule has 0 aliphatic carbocycles. The standard InChI is InChI=1S/C15H12N2O3/c1-17(19)11-6-4-5-10(9-11)15-16-14(18)12-7-2-3-8-13(12)20-15/h2-9,15H,1H3/p+1. The Kier molecular flexibility index (Phi) is 2.95. The van der Waals surface area contributed by atoms with Crippen LogP contribution in [0.15, 0.2) is 48.5 Å². The average Bonchev–Trinajstić information content (AvgIpc) is 2.47. The number of nitroso groups, excluding NO2 is 1. The van der Waals surface area contributed by atoms with Crippen LogP contribution in [0.1, 0.15) is 22.1 Å². The normalized spacial score (nSPS) is 16.9. The molecule has 5 heteroatoms. The van der Waals surface area contributed by atoms with Crippen molar-refractivity contribution in [3.63, 3.8) is 0 Å². The monoisotopic (exact) mass is 269 g/mol. The van der Waals surface area contributed by atoms with Crippen molar-refractivity contribution < 1.29 is 14.3 Å². The summed E-state index contributed by atoms with van der Waals surface area (Å²) in [6.07, 6.45) is -0.586. The number of nitrogens with one attached hydrogen (secondary N) is 1. The first-order chi connectivity index (χ1) is 9.65. The fourth-order valence-electron chi connectivity index (χ4n) is 2.15. The van der Waals surface area contributed by atoms with Gasteiger partial charge in [0.2, 0.25) is 0 Å². The van der Waals surface area contributed by atoms with Gasteiger partial charge in [-0.1, -0.05) is 24.3 Å². The molecule has 2 aromatic carbocycles. The lowest BCUT2D eigenvalue weighted by Crippen LogP contribution is -2.36. The van der Waals surface area contributed by atoms with Crippen LogP contribution < -0.4 is 10.1 Å². The average molecular weight is 269 g/mol. The largest absolute Gasteiger partial charge is 0.466 e. The van der Waals surface area contributed by atoms with Gasteiger partial charge in [-0.05, 0) is 12.1 Å². The summed E-state index contributed by atoms with van der Waals surface area (Å²) in [5.41, 5.74) is 1.76. The highest BCUT2D eigenvalue weighted by Crippen LogP contribution is 2.29. The van der Waals surface area contributed by atoms with Gasteiger partial charge in [-0.3, -0.25) is 4.79 Å². The molecule has 5 nitrogen and oxygen atoms in total. The van der Waals surface area contributed by atoms with Crippen molar-refractivity contribution in [3.8, 4) is 5.75 Å². The highest BCUT2D eigenvalue weighted by atomic mass is 16.5. The van der Waals surface area contributed by atoms with E-state index in [4.69, 9.17) is 4.74 Å². The highest BCUT2D eigenvalue weighted by molar-refractivity contribution is 5.97. The summed E-state index contributed by atoms with van der Waals surface area (Å²) >= 11 is 0. The van der Waals surface area contributed by atoms with E-state index in [9.17, 15) is 9.70 Å². The number of benzene rings is 2. The van der Waals surface area contributed by atoms with Crippen LogP contribution in [0, 0.1) is 4.91 Å². The fourth-order valence-corrected chi connectivity index (χ4v) is 2.15. The topological polar surface area (TPSA) is 58.4 Å². The third-order valence-corrected chi connectivity index (χ3v) is 3.18. The van der Waals surface area contributed by atoms with E-state index in [1.54, 1.807) is 36.4 Å². The van der Waals surface area contributed by atoms with Crippen molar-refractivity contribution in [2.24, 2.45) is 0 Å². The first kappa shape index (κ1) is 12.3. The molecule has 1 atom stereocenters. The lowest BCUT2D eigenvalue weighted by Gasteiger charge is -2.26. The van der Waals surface area contributed by atoms with Gasteiger partial charge >= 0.3 is 0 Å². The smallest absolute Gasteiger partial charge is 0.258 e. The van der Waals surface area contributed by atoms with Crippen molar-refractivity contribution in [2.75, 3.05) is 7.05 Å². The minimum absolute atomic E-state index is 0.183. The summed E-state index contributed by atoms with van der Waals surface area (Å²) in [5, 5.41) is 2.77. The van der Waals surface area contributed by atoms with Crippen LogP contribution in [0.4, 0.5) is 5.69 Å². The van der Waals surface area contributed by atoms with E-state index in [1.165, 1.54) is 7.05 Å². The SMILES string of the molecule is C[N+](=O)c1cccc(C2NC(=O)c3ccccc3O2)c1. The van der Waals surface area contributed by atoms with Crippen molar-refractivity contribution in [3.05, 3.63) is 64.6 Å². The van der Waals surface area contributed by atoms with Gasteiger partial charge in [0, 0.05) is 27.4 Å². The van der Waals surface area contributed by atoms with Crippen LogP contribution in [-0.4, -0.2) is 17.7 Å². The fraction of sp³-hybridized carbons (Fsp3) is 0.133. The van der Waals surface area contributed by atoms with Crippen molar-refractivity contribution in [1.82, 2.24) is 5.32 Å². The second-order valence-corrected chi connectivity index (χ2v) is 4.56. The number of para-hydroxylation sites is 1. The molecule has 0 spiro atoms. The van der Waals surface area contributed by atoms with E-state index in [0.29, 0.717) is 17.0 Å². The zero-order valence-electron chi connectivity index (χ0n) is 10.9. The molecule has 0 fully saturated rings. The molecule has 1 amide bonds. The van der Waals surface area contributed by atoms with Gasteiger partial charge in [0.05, 0.1) is 5.56 Å². The summed E-state index contributed by atoms with van der Waals surface area (Å²) in [6.45, 7) is 0. The van der Waals surface area contributed by atoms with Crippen LogP contribution in [0.3, 0.4) is 0 Å². The molecule has 3 rings (SSSR count). The molecule has 1 N–H and O–H groups in total. The number of hydrogen-bond acceptors (Lipinski definition) is 3. The number of fused-ring (bicyclic) bond motifs is 1. The first-order valence-electron chi connectivity index (χ1n) is 6.22. The molecule has 1 heterocycles. The Morgan fingerprint density at radius 3 is 2.75 bits per heavy atom. The molecular formula is C15H13N2O3+. The minimum Gasteiger partial charge on any atom is -0.466 e. The zero-order chi connectivity index (χ0) is 14.1. The molecule has 0 saturated carbocycles. The highest BCUT2D eigenvalue weighted by Gasteiger charge is 2.27. The number of amides is 1. The predicted octanol–water partition coefficient (Wildman–Crippen LogP) is 2.55. The van der Waals surface area contributed by atoms with E-state index in [2.05, 4.69) is 5.32 Å². The summed E-state index contributed by atoms with van der Waals surface area (Å²) in [4.78, 5) is 23.4. The van der Waals surface area contributed by atoms with Crippen LogP contribution in [-0.2, 0) is 0 Å². The molecule has 1 aliphatic rings. The molecule has 0 bridgehead atoms. The Morgan fingerprint density at radius 2 is 1.95 bits per heavy atom. The summed E-state index contributed by atoms with van der Waals surface area (Å²) in [6, 6.07) is 14.0. The third kappa shape index (κ3) is 2.14. The number of carbonyl (C=O) groups excluding carboxylic acids is 1. The number of hydrogen-bond donors (Lipinski definition) is 1. The summed E-state index contributed by atoms with van der Waals surface area (Å²) in [5.74, 6) is 0.361. The van der Waals surface area contributed by atoms with Crippen LogP contribution >= 0.6 is 0 Å². The number of ether oxygens (including phenoxy) is 1. The number of carbonyl (C=O) groups is 1. The molecule has 0 radical (unpaired) electrons. The van der Waals surface area contributed by atoms with Crippen molar-refractivity contribution in [2.45, 2.75) is 6.23 Å². The van der Waals surface area contributed by atoms with Gasteiger partial charge in [-0.15, -0.1) is 0 Å². The van der Waals surface area contributed by atoms with Gasteiger partial charge < -0.3 is 10.1 Å². The van der Waals surface area contributed by atoms with Crippen LogP contribution in [0.5, 0.6) is 5.75 Å². The molecular weight excluding hydrogens is 256 g/mol. The Bertz CT molecular complexity index is 697. The maximum absolute atomic E-state index is 12.0. The number of nitrogens with zero attached hydrogens (tertiary/aromatic N) is 1. The van der Waals surface area contributed by atoms with Crippen molar-refractivity contribution >= 4 is 11.6 Å². The van der Waals surface area contributed by atoms with E-state index in [-0.39, 0.29) is 5.91 Å². The van der Waals surface area contributed by atoms with Gasteiger partial charge in [0.25, 0.3) is 11.6 Å². The summed E-state index contributed by atoms with van der Waals surface area (Å²) in [7, 11) is 1.43. The molecule has 1 aliphatic heterocycles. The van der Waals surface area contributed by atoms with Crippen LogP contribution in [0.25, 0.3) is 0 Å². The quantitative estimate of drug-likeness (QED) is 0.852. The number of rotatable bonds is 2. The Labute approximate surface area is 115 Å². The van der Waals surface area contributed by atoms with Gasteiger partial charge in [0.15, 0.2) is 13.3 Å². The van der Waals surface area contributed by atoms with E-state index in [0.717, 1.165) is 10.3 Å². The molecule has 1 unspecified atom stereocenters. The van der Waals surface area contributed by atoms with Crippen LogP contribution in [0.2, 0.25) is 0 Å². The van der Waals surface area contributed by atoms with E-state index < -0.39 is 6.23 Å². The van der Waals surface area contributed by atoms with E-state index >= 15 is 0 Å². The Hall–Kier alpha value is -2.69. The minimum atomic E-state index is -0.586. The summed E-state index contributed by atoms with van der Waals surface area (Å²) < 4.78 is 6.54. The lowest BCUT2D eigenvalue weighted by molar-refractivity contribution is -0.428. The Balaban J connectivity index is 1.95. The lowest BCUT2D eigenvalue weighted by atomic mass is 10.1. The molecule has 2 aromatic rings. The molecule has 20 heavy (non-hydrogen) atoms. The second-order valence-electron chi connectivity index (χ2n) is 4.56. The zero-order valence-corrected chi connectivity index (χ0v) is 10.9. The Morgan fingerprint density at radius 1 is 1.15 bits per heavy atom. The predicted molar refractivity (Wildman–Crippen MR) is 72.9 cm³/mol. The maximum atomic E-state index is 12.0. The van der Waals surface area contributed by atoms with Gasteiger partial charge in [0.1, 0.15) is 5.75 Å². The van der Waals surface area contributed by atoms with Gasteiger partial charge in [-0.25, -0.2) is 0 Å². The maximum Gasteiger partial charge on any atom is 0.258 e. The van der Waals surface area contributed by atoms with Crippen molar-refractivity contribution in [1.29, 1.82) is 0 Å².